The minimum absolute atomic E-state index is 0.329. The molecule has 12 heavy (non-hydrogen) atoms. The molecule has 1 nitrogen and oxygen atoms in total. The van der Waals surface area contributed by atoms with E-state index in [2.05, 4.69) is 39.5 Å². The molecule has 0 saturated heterocycles. The topological polar surface area (TPSA) is 20.2 Å². The molecule has 0 radical (unpaired) electrons. The third kappa shape index (κ3) is 9.26. The Hall–Kier alpha value is 1.17. The van der Waals surface area contributed by atoms with Gasteiger partial charge in [-0.3, -0.25) is 0 Å². The zero-order chi connectivity index (χ0) is 9.56. The summed E-state index contributed by atoms with van der Waals surface area (Å²) in [6, 6.07) is 7.09. The fourth-order valence-corrected chi connectivity index (χ4v) is 0.545. The van der Waals surface area contributed by atoms with Gasteiger partial charge >= 0.3 is 51.1 Å². The molecular formula is C7H8Br3OTi. The number of hydrogen-bond donors (Lipinski definition) is 1. The zero-order valence-electron chi connectivity index (χ0n) is 6.39. The Morgan fingerprint density at radius 1 is 1.08 bits per heavy atom. The van der Waals surface area contributed by atoms with Crippen molar-refractivity contribution in [1.82, 2.24) is 0 Å². The quantitative estimate of drug-likeness (QED) is 0.652. The second-order valence-electron chi connectivity index (χ2n) is 2.05. The number of benzene rings is 1. The fourth-order valence-electron chi connectivity index (χ4n) is 0.545. The number of phenols is 1. The van der Waals surface area contributed by atoms with Crippen molar-refractivity contribution in [2.75, 3.05) is 0 Å². The van der Waals surface area contributed by atoms with E-state index in [0.29, 0.717) is 5.75 Å². The van der Waals surface area contributed by atoms with Crippen LogP contribution >= 0.6 is 39.5 Å². The van der Waals surface area contributed by atoms with Crippen LogP contribution in [0.25, 0.3) is 0 Å². The van der Waals surface area contributed by atoms with Crippen molar-refractivity contribution < 1.29 is 16.7 Å². The molecule has 0 unspecified atom stereocenters. The van der Waals surface area contributed by atoms with Crippen LogP contribution in [0.1, 0.15) is 5.56 Å². The average molecular weight is 396 g/mol. The van der Waals surface area contributed by atoms with Crippen molar-refractivity contribution in [2.24, 2.45) is 0 Å². The molecule has 0 spiro atoms. The Kier molecular flexibility index (Phi) is 8.31. The molecule has 0 saturated carbocycles. The van der Waals surface area contributed by atoms with E-state index in [1.165, 1.54) is 5.56 Å². The standard InChI is InChI=1S/C7H8O.3BrH.Ti/c1-6-2-4-7(8)5-3-6;;;;/h2-5,8H,1H3;3*1H;/q;;;;+3/p-3. The molecule has 5 heteroatoms. The summed E-state index contributed by atoms with van der Waals surface area (Å²) in [6.45, 7) is 1.99. The van der Waals surface area contributed by atoms with Gasteiger partial charge in [-0.15, -0.1) is 0 Å². The predicted octanol–water partition coefficient (Wildman–Crippen LogP) is 4.23. The van der Waals surface area contributed by atoms with Gasteiger partial charge in [0.2, 0.25) is 0 Å². The summed E-state index contributed by atoms with van der Waals surface area (Å²) < 4.78 is 0. The first-order chi connectivity index (χ1) is 5.52. The van der Waals surface area contributed by atoms with E-state index in [-0.39, 0.29) is 0 Å². The first kappa shape index (κ1) is 13.2. The molecular weight excluding hydrogens is 388 g/mol. The van der Waals surface area contributed by atoms with E-state index in [4.69, 9.17) is 5.11 Å². The van der Waals surface area contributed by atoms with Crippen LogP contribution in [0, 0.1) is 6.92 Å². The van der Waals surface area contributed by atoms with Gasteiger partial charge in [-0.2, -0.15) is 0 Å². The zero-order valence-corrected chi connectivity index (χ0v) is 12.7. The van der Waals surface area contributed by atoms with Crippen molar-refractivity contribution >= 4 is 39.5 Å². The van der Waals surface area contributed by atoms with E-state index in [0.717, 1.165) is 0 Å². The van der Waals surface area contributed by atoms with Crippen LogP contribution in [0.2, 0.25) is 0 Å². The van der Waals surface area contributed by atoms with Crippen molar-refractivity contribution in [3.05, 3.63) is 29.8 Å². The van der Waals surface area contributed by atoms with Crippen molar-refractivity contribution in [2.45, 2.75) is 6.92 Å². The van der Waals surface area contributed by atoms with Gasteiger partial charge in [0, 0.05) is 0 Å². The maximum atomic E-state index is 8.76. The Morgan fingerprint density at radius 2 is 1.42 bits per heavy atom. The van der Waals surface area contributed by atoms with Crippen LogP contribution in [-0.4, -0.2) is 5.11 Å². The molecule has 0 bridgehead atoms. The molecule has 1 aromatic rings. The number of halogens is 3. The molecule has 1 N–H and O–H groups in total. The number of hydrogen-bond acceptors (Lipinski definition) is 1. The summed E-state index contributed by atoms with van der Waals surface area (Å²) in [5.74, 6) is 0.329. The SMILES string of the molecule is Cc1ccc(O)cc1.[Br][Ti]([Br])[Br]. The molecule has 0 aliphatic heterocycles. The van der Waals surface area contributed by atoms with Gasteiger partial charge in [0.15, 0.2) is 0 Å². The Morgan fingerprint density at radius 3 is 1.67 bits per heavy atom. The number of phenolic OH excluding ortho intramolecular Hbond substituents is 1. The molecule has 0 fully saturated rings. The first-order valence-electron chi connectivity index (χ1n) is 3.11. The molecule has 0 heterocycles. The summed E-state index contributed by atoms with van der Waals surface area (Å²) in [5.41, 5.74) is 1.17. The van der Waals surface area contributed by atoms with E-state index < -0.39 is 11.6 Å². The molecule has 0 atom stereocenters. The second-order valence-corrected chi connectivity index (χ2v) is 25.7. The summed E-state index contributed by atoms with van der Waals surface area (Å²) in [5, 5.41) is 8.76. The van der Waals surface area contributed by atoms with Gasteiger partial charge in [-0.1, -0.05) is 17.7 Å². The van der Waals surface area contributed by atoms with Gasteiger partial charge in [0.05, 0.1) is 0 Å². The summed E-state index contributed by atoms with van der Waals surface area (Å²) in [7, 11) is 0. The van der Waals surface area contributed by atoms with Gasteiger partial charge in [0.25, 0.3) is 0 Å². The maximum absolute atomic E-state index is 8.76. The first-order valence-corrected chi connectivity index (χ1v) is 14.7. The second kappa shape index (κ2) is 7.57. The Bertz CT molecular complexity index is 189. The van der Waals surface area contributed by atoms with Crippen LogP contribution in [0.3, 0.4) is 0 Å². The summed E-state index contributed by atoms with van der Waals surface area (Å²) in [4.78, 5) is 0. The van der Waals surface area contributed by atoms with Crippen LogP contribution in [-0.2, 0) is 11.6 Å². The normalized spacial score (nSPS) is 8.33. The molecule has 0 aromatic heterocycles. The van der Waals surface area contributed by atoms with Crippen LogP contribution in [0.5, 0.6) is 5.75 Å². The van der Waals surface area contributed by atoms with E-state index >= 15 is 0 Å². The van der Waals surface area contributed by atoms with E-state index in [1.54, 1.807) is 12.1 Å². The van der Waals surface area contributed by atoms with Crippen molar-refractivity contribution in [3.8, 4) is 5.75 Å². The van der Waals surface area contributed by atoms with Gasteiger partial charge in [-0.05, 0) is 19.1 Å². The van der Waals surface area contributed by atoms with Gasteiger partial charge in [-0.25, -0.2) is 0 Å². The fraction of sp³-hybridized carbons (Fsp3) is 0.143. The van der Waals surface area contributed by atoms with Gasteiger partial charge < -0.3 is 5.11 Å². The summed E-state index contributed by atoms with van der Waals surface area (Å²) in [6.07, 6.45) is 0. The molecule has 1 rings (SSSR count). The van der Waals surface area contributed by atoms with Crippen LogP contribution in [0.4, 0.5) is 0 Å². The van der Waals surface area contributed by atoms with E-state index in [9.17, 15) is 0 Å². The Labute approximate surface area is 97.5 Å². The van der Waals surface area contributed by atoms with Crippen molar-refractivity contribution in [1.29, 1.82) is 0 Å². The average Bonchev–Trinajstić information content (AvgIpc) is 1.94. The summed E-state index contributed by atoms with van der Waals surface area (Å²) >= 11 is 8.92. The third-order valence-electron chi connectivity index (χ3n) is 1.03. The Balaban J connectivity index is 0.000000261. The third-order valence-corrected chi connectivity index (χ3v) is 1.03. The molecule has 0 aliphatic rings. The predicted molar refractivity (Wildman–Crippen MR) is 59.6 cm³/mol. The van der Waals surface area contributed by atoms with Crippen molar-refractivity contribution in [3.63, 3.8) is 0 Å². The van der Waals surface area contributed by atoms with E-state index in [1.807, 2.05) is 19.1 Å². The molecule has 67 valence electrons. The van der Waals surface area contributed by atoms with Crippen LogP contribution < -0.4 is 0 Å². The van der Waals surface area contributed by atoms with Gasteiger partial charge in [0.1, 0.15) is 5.75 Å². The van der Waals surface area contributed by atoms with Crippen LogP contribution in [0.15, 0.2) is 24.3 Å². The number of aryl methyl sites for hydroxylation is 1. The minimum atomic E-state index is -0.896. The monoisotopic (exact) mass is 393 g/mol. The molecule has 0 aliphatic carbocycles. The molecule has 1 aromatic carbocycles. The number of rotatable bonds is 0. The number of aromatic hydroxyl groups is 1. The molecule has 0 amide bonds.